The van der Waals surface area contributed by atoms with Gasteiger partial charge in [-0.2, -0.15) is 0 Å². The minimum absolute atomic E-state index is 0.315. The van der Waals surface area contributed by atoms with Gasteiger partial charge in [0.2, 0.25) is 5.91 Å². The van der Waals surface area contributed by atoms with Crippen LogP contribution in [0.25, 0.3) is 0 Å². The van der Waals surface area contributed by atoms with Crippen molar-refractivity contribution in [2.45, 2.75) is 45.6 Å². The van der Waals surface area contributed by atoms with Gasteiger partial charge in [-0.25, -0.2) is 0 Å². The smallest absolute Gasteiger partial charge is 0.222 e. The van der Waals surface area contributed by atoms with E-state index in [4.69, 9.17) is 5.73 Å². The van der Waals surface area contributed by atoms with Gasteiger partial charge in [-0.3, -0.25) is 4.79 Å². The number of hydrogen-bond donors (Lipinski definition) is 1. The second kappa shape index (κ2) is 5.35. The first-order valence-corrected chi connectivity index (χ1v) is 5.64. The Morgan fingerprint density at radius 2 is 2.14 bits per heavy atom. The second-order valence-corrected chi connectivity index (χ2v) is 4.48. The molecule has 1 rings (SSSR count). The predicted octanol–water partition coefficient (Wildman–Crippen LogP) is 1.37. The molecule has 3 heteroatoms. The molecule has 82 valence electrons. The van der Waals surface area contributed by atoms with E-state index >= 15 is 0 Å². The average Bonchev–Trinajstić information content (AvgIpc) is 2.45. The quantitative estimate of drug-likeness (QED) is 0.694. The zero-order valence-corrected chi connectivity index (χ0v) is 9.33. The van der Waals surface area contributed by atoms with Crippen LogP contribution in [0, 0.1) is 5.92 Å². The van der Waals surface area contributed by atoms with Crippen molar-refractivity contribution in [2.24, 2.45) is 11.7 Å². The van der Waals surface area contributed by atoms with Gasteiger partial charge in [0.15, 0.2) is 0 Å². The third-order valence-corrected chi connectivity index (χ3v) is 2.95. The average molecular weight is 198 g/mol. The Labute approximate surface area is 86.6 Å². The summed E-state index contributed by atoms with van der Waals surface area (Å²) in [5.74, 6) is 0.985. The van der Waals surface area contributed by atoms with E-state index < -0.39 is 0 Å². The first-order valence-electron chi connectivity index (χ1n) is 5.64. The Morgan fingerprint density at radius 1 is 1.43 bits per heavy atom. The monoisotopic (exact) mass is 198 g/mol. The summed E-state index contributed by atoms with van der Waals surface area (Å²) in [5, 5.41) is 0. The summed E-state index contributed by atoms with van der Waals surface area (Å²) in [4.78, 5) is 13.8. The fraction of sp³-hybridized carbons (Fsp3) is 0.909. The molecule has 14 heavy (non-hydrogen) atoms. The van der Waals surface area contributed by atoms with Crippen molar-refractivity contribution in [1.82, 2.24) is 4.90 Å². The standard InChI is InChI=1S/C11H22N2O/c1-9-7-10(2)13(8-9)11(14)5-3-4-6-12/h9-10H,3-8,12H2,1-2H3. The molecule has 0 bridgehead atoms. The van der Waals surface area contributed by atoms with Crippen LogP contribution in [0.15, 0.2) is 0 Å². The summed E-state index contributed by atoms with van der Waals surface area (Å²) in [6.07, 6.45) is 3.73. The Bertz CT molecular complexity index is 194. The van der Waals surface area contributed by atoms with Crippen molar-refractivity contribution in [3.8, 4) is 0 Å². The van der Waals surface area contributed by atoms with Crippen molar-refractivity contribution >= 4 is 5.91 Å². The highest BCUT2D eigenvalue weighted by atomic mass is 16.2. The Balaban J connectivity index is 2.30. The third kappa shape index (κ3) is 2.98. The van der Waals surface area contributed by atoms with Crippen molar-refractivity contribution in [3.63, 3.8) is 0 Å². The van der Waals surface area contributed by atoms with Gasteiger partial charge >= 0.3 is 0 Å². The molecule has 2 unspecified atom stereocenters. The fourth-order valence-electron chi connectivity index (χ4n) is 2.21. The minimum atomic E-state index is 0.315. The van der Waals surface area contributed by atoms with E-state index in [1.165, 1.54) is 0 Å². The molecule has 2 atom stereocenters. The highest BCUT2D eigenvalue weighted by Gasteiger charge is 2.28. The maximum atomic E-state index is 11.8. The molecule has 3 nitrogen and oxygen atoms in total. The van der Waals surface area contributed by atoms with Gasteiger partial charge in [-0.15, -0.1) is 0 Å². The van der Waals surface area contributed by atoms with Crippen LogP contribution in [0.2, 0.25) is 0 Å². The molecule has 0 aromatic rings. The van der Waals surface area contributed by atoms with E-state index in [-0.39, 0.29) is 0 Å². The number of likely N-dealkylation sites (tertiary alicyclic amines) is 1. The largest absolute Gasteiger partial charge is 0.340 e. The van der Waals surface area contributed by atoms with Crippen LogP contribution in [0.1, 0.15) is 39.5 Å². The highest BCUT2D eigenvalue weighted by molar-refractivity contribution is 5.76. The normalized spacial score (nSPS) is 26.9. The lowest BCUT2D eigenvalue weighted by atomic mass is 10.1. The van der Waals surface area contributed by atoms with Crippen LogP contribution in [0.3, 0.4) is 0 Å². The molecule has 2 N–H and O–H groups in total. The van der Waals surface area contributed by atoms with Gasteiger partial charge in [0.25, 0.3) is 0 Å². The molecule has 1 fully saturated rings. The first kappa shape index (κ1) is 11.5. The van der Waals surface area contributed by atoms with Gasteiger partial charge in [0.1, 0.15) is 0 Å². The SMILES string of the molecule is CC1CC(C)N(C(=O)CCCCN)C1. The summed E-state index contributed by atoms with van der Waals surface area (Å²) < 4.78 is 0. The molecule has 1 amide bonds. The molecule has 1 heterocycles. The van der Waals surface area contributed by atoms with Gasteiger partial charge in [-0.1, -0.05) is 6.92 Å². The summed E-state index contributed by atoms with van der Waals surface area (Å²) in [7, 11) is 0. The van der Waals surface area contributed by atoms with E-state index in [1.807, 2.05) is 4.90 Å². The molecular weight excluding hydrogens is 176 g/mol. The second-order valence-electron chi connectivity index (χ2n) is 4.48. The molecule has 0 aromatic carbocycles. The van der Waals surface area contributed by atoms with Crippen LogP contribution in [0.4, 0.5) is 0 Å². The highest BCUT2D eigenvalue weighted by Crippen LogP contribution is 2.23. The van der Waals surface area contributed by atoms with Crippen LogP contribution in [0.5, 0.6) is 0 Å². The molecule has 0 radical (unpaired) electrons. The minimum Gasteiger partial charge on any atom is -0.340 e. The van der Waals surface area contributed by atoms with Crippen molar-refractivity contribution in [2.75, 3.05) is 13.1 Å². The first-order chi connectivity index (χ1) is 6.65. The van der Waals surface area contributed by atoms with Crippen LogP contribution in [-0.2, 0) is 4.79 Å². The van der Waals surface area contributed by atoms with E-state index in [2.05, 4.69) is 13.8 Å². The predicted molar refractivity (Wildman–Crippen MR) is 57.9 cm³/mol. The van der Waals surface area contributed by atoms with Gasteiger partial charge in [0, 0.05) is 19.0 Å². The number of amides is 1. The number of unbranched alkanes of at least 4 members (excludes halogenated alkanes) is 1. The molecule has 1 aliphatic rings. The maximum absolute atomic E-state index is 11.8. The zero-order valence-electron chi connectivity index (χ0n) is 9.33. The lowest BCUT2D eigenvalue weighted by Gasteiger charge is -2.21. The van der Waals surface area contributed by atoms with Gasteiger partial charge in [0.05, 0.1) is 0 Å². The zero-order chi connectivity index (χ0) is 10.6. The van der Waals surface area contributed by atoms with Crippen LogP contribution >= 0.6 is 0 Å². The molecule has 0 aromatic heterocycles. The molecule has 1 saturated heterocycles. The third-order valence-electron chi connectivity index (χ3n) is 2.95. The number of hydrogen-bond acceptors (Lipinski definition) is 2. The lowest BCUT2D eigenvalue weighted by Crippen LogP contribution is -2.33. The Morgan fingerprint density at radius 3 is 2.64 bits per heavy atom. The molecule has 0 aliphatic carbocycles. The number of carbonyl (C=O) groups is 1. The molecular formula is C11H22N2O. The number of nitrogens with two attached hydrogens (primary N) is 1. The number of nitrogens with zero attached hydrogens (tertiary/aromatic N) is 1. The van der Waals surface area contributed by atoms with E-state index in [9.17, 15) is 4.79 Å². The van der Waals surface area contributed by atoms with Crippen molar-refractivity contribution < 1.29 is 4.79 Å². The summed E-state index contributed by atoms with van der Waals surface area (Å²) in [5.41, 5.74) is 5.39. The Kier molecular flexibility index (Phi) is 4.39. The molecule has 0 spiro atoms. The van der Waals surface area contributed by atoms with Crippen LogP contribution < -0.4 is 5.73 Å². The molecule has 1 aliphatic heterocycles. The summed E-state index contributed by atoms with van der Waals surface area (Å²) in [6, 6.07) is 0.440. The van der Waals surface area contributed by atoms with Gasteiger partial charge < -0.3 is 10.6 Å². The van der Waals surface area contributed by atoms with Gasteiger partial charge in [-0.05, 0) is 38.6 Å². The van der Waals surface area contributed by atoms with E-state index in [0.717, 1.165) is 25.8 Å². The number of carbonyl (C=O) groups excluding carboxylic acids is 1. The van der Waals surface area contributed by atoms with Crippen molar-refractivity contribution in [1.29, 1.82) is 0 Å². The lowest BCUT2D eigenvalue weighted by molar-refractivity contribution is -0.131. The summed E-state index contributed by atoms with van der Waals surface area (Å²) >= 11 is 0. The van der Waals surface area contributed by atoms with E-state index in [1.54, 1.807) is 0 Å². The topological polar surface area (TPSA) is 46.3 Å². The number of rotatable bonds is 4. The fourth-order valence-corrected chi connectivity index (χ4v) is 2.21. The van der Waals surface area contributed by atoms with E-state index in [0.29, 0.717) is 30.8 Å². The van der Waals surface area contributed by atoms with Crippen molar-refractivity contribution in [3.05, 3.63) is 0 Å². The summed E-state index contributed by atoms with van der Waals surface area (Å²) in [6.45, 7) is 6.00. The Hall–Kier alpha value is -0.570. The molecule has 0 saturated carbocycles. The maximum Gasteiger partial charge on any atom is 0.222 e. The van der Waals surface area contributed by atoms with Crippen LogP contribution in [-0.4, -0.2) is 29.9 Å².